The van der Waals surface area contributed by atoms with Gasteiger partial charge in [-0.25, -0.2) is 0 Å². The molecule has 8 rings (SSSR count). The number of ether oxygens (including phenoxy) is 2. The molecule has 0 unspecified atom stereocenters. The maximum absolute atomic E-state index is 13.1. The Labute approximate surface area is 191 Å². The van der Waals surface area contributed by atoms with E-state index in [0.717, 1.165) is 61.6 Å². The molecule has 1 N–H and O–H groups in total. The molecule has 32 heavy (non-hydrogen) atoms. The maximum atomic E-state index is 13.1. The minimum absolute atomic E-state index is 0.0155. The smallest absolute Gasteiger partial charge is 0.314 e. The molecule has 1 saturated heterocycles. The second-order valence-electron chi connectivity index (χ2n) is 12.2. The highest BCUT2D eigenvalue weighted by Crippen LogP contribution is 2.60. The van der Waals surface area contributed by atoms with Crippen molar-refractivity contribution in [1.82, 2.24) is 5.32 Å². The first-order valence-electron chi connectivity index (χ1n) is 13.3. The summed E-state index contributed by atoms with van der Waals surface area (Å²) >= 11 is 0. The lowest BCUT2D eigenvalue weighted by Gasteiger charge is -2.56. The quantitative estimate of drug-likeness (QED) is 0.526. The average molecular weight is 436 g/mol. The van der Waals surface area contributed by atoms with Gasteiger partial charge >= 0.3 is 5.97 Å². The van der Waals surface area contributed by atoms with Crippen molar-refractivity contribution in [3.8, 4) is 5.75 Å². The number of hydrogen-bond acceptors (Lipinski definition) is 4. The normalized spacial score (nSPS) is 43.3. The number of fused-ring (bicyclic) bond motifs is 1. The molecule has 6 aliphatic carbocycles. The fraction of sp³-hybridized carbons (Fsp3) is 0.750. The number of piperidine rings is 1. The van der Waals surface area contributed by atoms with Crippen LogP contribution in [0.25, 0.3) is 0 Å². The highest BCUT2D eigenvalue weighted by Gasteiger charge is 2.55. The van der Waals surface area contributed by atoms with Crippen LogP contribution in [0.1, 0.15) is 81.8 Å². The number of hydrogen-bond donors (Lipinski definition) is 1. The fourth-order valence-electron chi connectivity index (χ4n) is 9.66. The first kappa shape index (κ1) is 19.9. The van der Waals surface area contributed by atoms with Crippen LogP contribution in [0.3, 0.4) is 0 Å². The third-order valence-electron chi connectivity index (χ3n) is 10.5. The van der Waals surface area contributed by atoms with Crippen molar-refractivity contribution in [1.29, 1.82) is 0 Å². The van der Waals surface area contributed by atoms with E-state index in [0.29, 0.717) is 11.5 Å². The van der Waals surface area contributed by atoms with Gasteiger partial charge in [0.2, 0.25) is 6.79 Å². The SMILES string of the molecule is O=C(OCOc1ccc2c(c1)[C@@]13CCCC[C@H]1[C@@H](C2)NCC3)C12CC3CC(CC(C3)C1)C2. The van der Waals surface area contributed by atoms with Crippen LogP contribution in [0.4, 0.5) is 0 Å². The van der Waals surface area contributed by atoms with E-state index in [1.54, 1.807) is 0 Å². The number of esters is 1. The Morgan fingerprint density at radius 3 is 2.59 bits per heavy atom. The molecule has 172 valence electrons. The van der Waals surface area contributed by atoms with Gasteiger partial charge in [0.25, 0.3) is 0 Å². The van der Waals surface area contributed by atoms with Gasteiger partial charge in [0.1, 0.15) is 5.75 Å². The molecule has 6 fully saturated rings. The van der Waals surface area contributed by atoms with Crippen LogP contribution in [0.2, 0.25) is 0 Å². The highest BCUT2D eigenvalue weighted by atomic mass is 16.7. The van der Waals surface area contributed by atoms with Crippen LogP contribution in [0, 0.1) is 29.1 Å². The predicted molar refractivity (Wildman–Crippen MR) is 122 cm³/mol. The van der Waals surface area contributed by atoms with Crippen LogP contribution in [-0.4, -0.2) is 25.3 Å². The van der Waals surface area contributed by atoms with Crippen LogP contribution >= 0.6 is 0 Å². The largest absolute Gasteiger partial charge is 0.457 e. The lowest BCUT2D eigenvalue weighted by atomic mass is 9.49. The summed E-state index contributed by atoms with van der Waals surface area (Å²) in [6.45, 7) is 1.19. The number of rotatable bonds is 4. The van der Waals surface area contributed by atoms with Crippen molar-refractivity contribution in [2.75, 3.05) is 13.3 Å². The molecule has 1 aromatic carbocycles. The maximum Gasteiger partial charge on any atom is 0.314 e. The number of nitrogens with one attached hydrogen (secondary N) is 1. The summed E-state index contributed by atoms with van der Waals surface area (Å²) in [6.07, 6.45) is 15.0. The molecule has 0 aromatic heterocycles. The average Bonchev–Trinajstić information content (AvgIpc) is 2.78. The summed E-state index contributed by atoms with van der Waals surface area (Å²) in [5.41, 5.74) is 3.16. The molecular weight excluding hydrogens is 398 g/mol. The first-order chi connectivity index (χ1) is 15.6. The van der Waals surface area contributed by atoms with E-state index in [-0.39, 0.29) is 18.2 Å². The Morgan fingerprint density at radius 1 is 1.03 bits per heavy atom. The zero-order chi connectivity index (χ0) is 21.3. The molecule has 7 aliphatic rings. The molecule has 4 heteroatoms. The topological polar surface area (TPSA) is 47.6 Å². The third-order valence-corrected chi connectivity index (χ3v) is 10.5. The number of carbonyl (C=O) groups is 1. The van der Waals surface area contributed by atoms with Crippen LogP contribution in [0.15, 0.2) is 18.2 Å². The summed E-state index contributed by atoms with van der Waals surface area (Å²) in [7, 11) is 0. The highest BCUT2D eigenvalue weighted by molar-refractivity contribution is 5.77. The standard InChI is InChI=1S/C28H37NO3/c30-26(27-14-18-9-19(15-27)11-20(10-18)16-27)32-17-31-22-5-4-21-12-25-23-3-1-2-6-28(23,7-8-29-25)24(21)13-22/h4-5,13,18-20,23,25,29H,1-3,6-12,14-17H2/t18?,19?,20?,23-,25+,27?,28+/m0/s1. The van der Waals surface area contributed by atoms with Gasteiger partial charge in [-0.3, -0.25) is 4.79 Å². The Morgan fingerprint density at radius 2 is 1.81 bits per heavy atom. The predicted octanol–water partition coefficient (Wildman–Crippen LogP) is 5.13. The Bertz CT molecular complexity index is 886. The van der Waals surface area contributed by atoms with Gasteiger partial charge in [0.15, 0.2) is 0 Å². The zero-order valence-corrected chi connectivity index (χ0v) is 19.2. The summed E-state index contributed by atoms with van der Waals surface area (Å²) in [6, 6.07) is 7.31. The van der Waals surface area contributed by atoms with Crippen molar-refractivity contribution in [3.63, 3.8) is 0 Å². The first-order valence-corrected chi connectivity index (χ1v) is 13.3. The molecule has 1 heterocycles. The van der Waals surface area contributed by atoms with Gasteiger partial charge in [-0.15, -0.1) is 0 Å². The van der Waals surface area contributed by atoms with Gasteiger partial charge in [0, 0.05) is 11.5 Å². The summed E-state index contributed by atoms with van der Waals surface area (Å²) in [5.74, 6) is 3.92. The van der Waals surface area contributed by atoms with Gasteiger partial charge in [-0.2, -0.15) is 0 Å². The Balaban J connectivity index is 1.06. The van der Waals surface area contributed by atoms with E-state index < -0.39 is 0 Å². The monoisotopic (exact) mass is 435 g/mol. The second kappa shape index (κ2) is 7.22. The molecule has 0 radical (unpaired) electrons. The molecule has 6 bridgehead atoms. The van der Waals surface area contributed by atoms with E-state index >= 15 is 0 Å². The van der Waals surface area contributed by atoms with E-state index in [4.69, 9.17) is 9.47 Å². The van der Waals surface area contributed by atoms with Gasteiger partial charge in [-0.1, -0.05) is 18.9 Å². The van der Waals surface area contributed by atoms with Crippen molar-refractivity contribution < 1.29 is 14.3 Å². The molecule has 0 amide bonds. The van der Waals surface area contributed by atoms with Crippen LogP contribution in [-0.2, 0) is 21.4 Å². The summed E-state index contributed by atoms with van der Waals surface area (Å²) in [4.78, 5) is 13.1. The molecular formula is C28H37NO3. The second-order valence-corrected chi connectivity index (χ2v) is 12.2. The molecule has 3 atom stereocenters. The zero-order valence-electron chi connectivity index (χ0n) is 19.2. The van der Waals surface area contributed by atoms with E-state index in [1.165, 1.54) is 62.5 Å². The minimum Gasteiger partial charge on any atom is -0.457 e. The van der Waals surface area contributed by atoms with Gasteiger partial charge < -0.3 is 14.8 Å². The fourth-order valence-corrected chi connectivity index (χ4v) is 9.66. The van der Waals surface area contributed by atoms with Gasteiger partial charge in [-0.05, 0) is 118 Å². The molecule has 1 aromatic rings. The van der Waals surface area contributed by atoms with Gasteiger partial charge in [0.05, 0.1) is 5.41 Å². The van der Waals surface area contributed by atoms with E-state index in [9.17, 15) is 4.79 Å². The molecule has 1 aliphatic heterocycles. The van der Waals surface area contributed by atoms with Crippen LogP contribution in [0.5, 0.6) is 5.75 Å². The summed E-state index contributed by atoms with van der Waals surface area (Å²) in [5, 5.41) is 3.81. The lowest BCUT2D eigenvalue weighted by molar-refractivity contribution is -0.177. The van der Waals surface area contributed by atoms with Crippen molar-refractivity contribution >= 4 is 5.97 Å². The van der Waals surface area contributed by atoms with E-state index in [1.807, 2.05) is 0 Å². The molecule has 0 spiro atoms. The Hall–Kier alpha value is -1.55. The molecule has 5 saturated carbocycles. The summed E-state index contributed by atoms with van der Waals surface area (Å²) < 4.78 is 11.9. The Kier molecular flexibility index (Phi) is 4.49. The minimum atomic E-state index is -0.202. The van der Waals surface area contributed by atoms with E-state index in [2.05, 4.69) is 23.5 Å². The van der Waals surface area contributed by atoms with Crippen molar-refractivity contribution in [2.24, 2.45) is 29.1 Å². The van der Waals surface area contributed by atoms with Crippen LogP contribution < -0.4 is 10.1 Å². The third kappa shape index (κ3) is 2.94. The number of carbonyl (C=O) groups excluding carboxylic acids is 1. The number of benzene rings is 1. The lowest BCUT2D eigenvalue weighted by Crippen LogP contribution is -2.59. The van der Waals surface area contributed by atoms with Crippen molar-refractivity contribution in [3.05, 3.63) is 29.3 Å². The molecule has 4 nitrogen and oxygen atoms in total. The van der Waals surface area contributed by atoms with Crippen molar-refractivity contribution in [2.45, 2.75) is 88.5 Å².